The number of amides is 9. The highest BCUT2D eigenvalue weighted by atomic mass is 32.2. The van der Waals surface area contributed by atoms with E-state index in [9.17, 15) is 48.3 Å². The van der Waals surface area contributed by atoms with Crippen LogP contribution in [0.4, 0.5) is 0 Å². The van der Waals surface area contributed by atoms with Gasteiger partial charge in [0.25, 0.3) is 0 Å². The second kappa shape index (κ2) is 34.6. The van der Waals surface area contributed by atoms with Gasteiger partial charge in [-0.2, -0.15) is 11.8 Å². The fraction of sp³-hybridized carbons (Fsp3) is 0.565. The number of thioether (sulfide) groups is 1. The van der Waals surface area contributed by atoms with E-state index in [-0.39, 0.29) is 75.5 Å². The number of aryl methyl sites for hydroxylation is 1. The molecule has 1 aliphatic heterocycles. The van der Waals surface area contributed by atoms with Crippen LogP contribution in [0.25, 0.3) is 21.8 Å². The third-order valence-corrected chi connectivity index (χ3v) is 16.8. The lowest BCUT2D eigenvalue weighted by Gasteiger charge is -2.36. The van der Waals surface area contributed by atoms with Crippen LogP contribution in [0.1, 0.15) is 110 Å². The van der Waals surface area contributed by atoms with Crippen molar-refractivity contribution in [1.29, 1.82) is 0 Å². The van der Waals surface area contributed by atoms with E-state index in [1.54, 1.807) is 6.20 Å². The van der Waals surface area contributed by atoms with Crippen LogP contribution in [0, 0.1) is 5.92 Å². The monoisotopic (exact) mass is 1230 g/mol. The molecule has 6 unspecified atom stereocenters. The van der Waals surface area contributed by atoms with Crippen LogP contribution >= 0.6 is 11.8 Å². The first-order valence-electron chi connectivity index (χ1n) is 30.1. The van der Waals surface area contributed by atoms with E-state index in [1.165, 1.54) is 35.7 Å². The number of aliphatic hydroxyl groups is 1. The minimum atomic E-state index is -1.35. The molecule has 0 bridgehead atoms. The van der Waals surface area contributed by atoms with Gasteiger partial charge in [-0.1, -0.05) is 89.8 Å². The Kier molecular flexibility index (Phi) is 27.9. The average Bonchev–Trinajstić information content (AvgIpc) is 1.96. The van der Waals surface area contributed by atoms with Crippen molar-refractivity contribution in [3.05, 3.63) is 72.1 Å². The van der Waals surface area contributed by atoms with Crippen LogP contribution < -0.4 is 37.6 Å². The highest BCUT2D eigenvalue weighted by molar-refractivity contribution is 7.99. The lowest BCUT2D eigenvalue weighted by Crippen LogP contribution is -2.60. The Labute approximate surface area is 513 Å². The van der Waals surface area contributed by atoms with Crippen molar-refractivity contribution < 1.29 is 57.8 Å². The summed E-state index contributed by atoms with van der Waals surface area (Å²) >= 11 is 1.16. The number of hydrogen-bond acceptors (Lipinski definition) is 14. The van der Waals surface area contributed by atoms with Crippen molar-refractivity contribution in [2.45, 2.75) is 172 Å². The number of rotatable bonds is 37. The van der Waals surface area contributed by atoms with Gasteiger partial charge >= 0.3 is 0 Å². The summed E-state index contributed by atoms with van der Waals surface area (Å²) in [6.07, 6.45) is 7.24. The Balaban J connectivity index is 1.44. The lowest BCUT2D eigenvalue weighted by molar-refractivity contribution is -0.149. The van der Waals surface area contributed by atoms with E-state index >= 15 is 9.59 Å². The summed E-state index contributed by atoms with van der Waals surface area (Å²) in [5, 5.41) is 28.8. The standard InChI is InChI=1S/C62H90N12O12S/c1-9-11-22-52(58(82)68-47(21-17-25-63)56(80)67-42(35-76)36-87-27-26-75)72(7)62(86)53(23-12-10-2)73(8)60(84)50(30-41-33-71(6)51-24-16-14-19-45(41)51)70-55(79)39(5)66-57(81)48(29-40-32-64-46-20-15-13-18-44(40)46)69-59(83)54-31-43(78)34-74(54)61(85)49(65-37-77)28-38(3)4/h13-16,18-20,24,26,32-33,35,37-39,42-43,47-50,52-54,64,78H,9-12,17,21-23,25,27-31,34,36,63H2,1-8H3,(H,65,77)(H,66,81)(H,67,80)(H,68,82)(H,69,83)(H,70,79)/t39-,42+,43+,47?,48?,49-,50?,52?,53?,54?/m0/s1. The Morgan fingerprint density at radius 1 is 0.736 bits per heavy atom. The number of nitrogens with zero attached hydrogens (tertiary/aromatic N) is 4. The van der Waals surface area contributed by atoms with Crippen LogP contribution in [-0.4, -0.2) is 195 Å². The molecule has 9 amide bonds. The molecule has 3 heterocycles. The van der Waals surface area contributed by atoms with Crippen molar-refractivity contribution in [2.24, 2.45) is 18.7 Å². The Hall–Kier alpha value is -7.64. The van der Waals surface area contributed by atoms with E-state index in [4.69, 9.17) is 5.73 Å². The molecule has 24 nitrogen and oxygen atoms in total. The van der Waals surface area contributed by atoms with Crippen LogP contribution in [0.3, 0.4) is 0 Å². The molecule has 1 fully saturated rings. The number of aliphatic hydroxyl groups excluding tert-OH is 1. The molecular formula is C62H90N12O12S. The van der Waals surface area contributed by atoms with E-state index in [0.29, 0.717) is 62.2 Å². The lowest BCUT2D eigenvalue weighted by atomic mass is 10.00. The molecule has 1 saturated heterocycles. The van der Waals surface area contributed by atoms with Gasteiger partial charge in [0.1, 0.15) is 60.9 Å². The summed E-state index contributed by atoms with van der Waals surface area (Å²) in [5.41, 5.74) is 8.77. The molecular weight excluding hydrogens is 1140 g/mol. The van der Waals surface area contributed by atoms with Crippen molar-refractivity contribution in [3.63, 3.8) is 0 Å². The van der Waals surface area contributed by atoms with Gasteiger partial charge < -0.3 is 76.6 Å². The molecule has 25 heteroatoms. The third kappa shape index (κ3) is 19.4. The van der Waals surface area contributed by atoms with Gasteiger partial charge in [-0.3, -0.25) is 43.2 Å². The number of H-pyrrole nitrogens is 1. The predicted molar refractivity (Wildman–Crippen MR) is 332 cm³/mol. The maximum atomic E-state index is 15.3. The largest absolute Gasteiger partial charge is 0.391 e. The zero-order valence-electron chi connectivity index (χ0n) is 51.4. The van der Waals surface area contributed by atoms with Crippen molar-refractivity contribution in [1.82, 2.24) is 56.2 Å². The number of carbonyl (C=O) groups is 11. The number of likely N-dealkylation sites (tertiary alicyclic amines) is 1. The average molecular weight is 1230 g/mol. The molecule has 2 aromatic heterocycles. The molecule has 1 aliphatic rings. The maximum Gasteiger partial charge on any atom is 0.245 e. The van der Waals surface area contributed by atoms with Crippen LogP contribution in [0.15, 0.2) is 60.9 Å². The number of para-hydroxylation sites is 2. The second-order valence-corrected chi connectivity index (χ2v) is 24.0. The first kappa shape index (κ1) is 70.1. The van der Waals surface area contributed by atoms with Crippen LogP contribution in [0.5, 0.6) is 0 Å². The SMILES string of the molecule is CCCCC(C(=O)N(C)C(CCCC)C(=O)NC(CCCN)C(=O)N[C@H](C=O)CSCC=O)N(C)C(=O)C(Cc1cn(C)c2ccccc12)NC(=O)[C@H](C)NC(=O)C(Cc1c[nH]c2ccccc12)NC(=O)C1C[C@@H](O)CN1C(=O)[C@H](CC(C)C)NC=O. The molecule has 10 atom stereocenters. The number of nitrogens with one attached hydrogen (secondary N) is 7. The smallest absolute Gasteiger partial charge is 0.245 e. The molecule has 87 heavy (non-hydrogen) atoms. The number of benzene rings is 2. The summed E-state index contributed by atoms with van der Waals surface area (Å²) < 4.78 is 1.89. The number of unbranched alkanes of at least 4 members (excludes halogenated alkanes) is 2. The zero-order chi connectivity index (χ0) is 63.9. The highest BCUT2D eigenvalue weighted by Gasteiger charge is 2.43. The summed E-state index contributed by atoms with van der Waals surface area (Å²) in [4.78, 5) is 157. The van der Waals surface area contributed by atoms with Crippen molar-refractivity contribution in [2.75, 3.05) is 38.7 Å². The van der Waals surface area contributed by atoms with Crippen molar-refractivity contribution >= 4 is 99.8 Å². The molecule has 10 N–H and O–H groups in total. The van der Waals surface area contributed by atoms with Gasteiger partial charge in [0.2, 0.25) is 53.7 Å². The molecule has 5 rings (SSSR count). The summed E-state index contributed by atoms with van der Waals surface area (Å²) in [6, 6.07) is 4.33. The molecule has 0 spiro atoms. The molecule has 0 saturated carbocycles. The minimum absolute atomic E-state index is 0.00930. The third-order valence-electron chi connectivity index (χ3n) is 15.8. The molecule has 2 aromatic carbocycles. The molecule has 4 aromatic rings. The first-order valence-corrected chi connectivity index (χ1v) is 31.3. The van der Waals surface area contributed by atoms with Gasteiger partial charge in [-0.05, 0) is 74.8 Å². The summed E-state index contributed by atoms with van der Waals surface area (Å²) in [6.45, 7) is 9.04. The highest BCUT2D eigenvalue weighted by Crippen LogP contribution is 2.26. The normalized spacial score (nSPS) is 16.7. The van der Waals surface area contributed by atoms with E-state index in [2.05, 4.69) is 36.9 Å². The van der Waals surface area contributed by atoms with Gasteiger partial charge in [0.15, 0.2) is 0 Å². The topological polar surface area (TPSA) is 337 Å². The quantitative estimate of drug-likeness (QED) is 0.0230. The van der Waals surface area contributed by atoms with Crippen LogP contribution in [0.2, 0.25) is 0 Å². The molecule has 0 aliphatic carbocycles. The fourth-order valence-corrected chi connectivity index (χ4v) is 11.7. The van der Waals surface area contributed by atoms with Gasteiger partial charge in [0, 0.05) is 92.7 Å². The maximum absolute atomic E-state index is 15.3. The van der Waals surface area contributed by atoms with E-state index in [0.717, 1.165) is 33.6 Å². The van der Waals surface area contributed by atoms with Gasteiger partial charge in [-0.25, -0.2) is 0 Å². The summed E-state index contributed by atoms with van der Waals surface area (Å²) in [7, 11) is 4.78. The minimum Gasteiger partial charge on any atom is -0.391 e. The molecule has 0 radical (unpaired) electrons. The number of carbonyl (C=O) groups excluding carboxylic acids is 11. The predicted octanol–water partition coefficient (Wildman–Crippen LogP) is 1.92. The number of likely N-dealkylation sites (N-methyl/N-ethyl adjacent to an activating group) is 2. The number of aromatic amines is 1. The van der Waals surface area contributed by atoms with Gasteiger partial charge in [0.05, 0.1) is 12.1 Å². The van der Waals surface area contributed by atoms with E-state index in [1.807, 2.05) is 94.0 Å². The first-order chi connectivity index (χ1) is 41.6. The molecule has 476 valence electrons. The fourth-order valence-electron chi connectivity index (χ4n) is 11.0. The number of fused-ring (bicyclic) bond motifs is 2. The van der Waals surface area contributed by atoms with Crippen LogP contribution in [-0.2, 0) is 72.6 Å². The number of hydrogen-bond donors (Lipinski definition) is 9. The van der Waals surface area contributed by atoms with Gasteiger partial charge in [-0.15, -0.1) is 0 Å². The second-order valence-electron chi connectivity index (χ2n) is 22.9. The van der Waals surface area contributed by atoms with Crippen molar-refractivity contribution in [3.8, 4) is 0 Å². The number of aromatic nitrogens is 2. The number of nitrogens with two attached hydrogens (primary N) is 1. The van der Waals surface area contributed by atoms with E-state index < -0.39 is 108 Å². The zero-order valence-corrected chi connectivity index (χ0v) is 52.2. The Morgan fingerprint density at radius 3 is 2.02 bits per heavy atom. The Morgan fingerprint density at radius 2 is 1.37 bits per heavy atom. The summed E-state index contributed by atoms with van der Waals surface area (Å²) in [5.74, 6) is -5.11. The number of β-amino-alcohol motifs (C(OH)–C–C–N with tert-alkyl or cyclic N) is 1. The number of aldehydes is 2. The Bertz CT molecular complexity index is 3010.